The van der Waals surface area contributed by atoms with E-state index in [-0.39, 0.29) is 11.3 Å². The van der Waals surface area contributed by atoms with Gasteiger partial charge in [0.1, 0.15) is 5.82 Å². The van der Waals surface area contributed by atoms with Gasteiger partial charge in [0, 0.05) is 0 Å². The summed E-state index contributed by atoms with van der Waals surface area (Å²) >= 11 is 0. The number of aliphatic hydroxyl groups excluding tert-OH is 1. The molecule has 0 saturated heterocycles. The molecule has 0 bridgehead atoms. The third-order valence-corrected chi connectivity index (χ3v) is 2.97. The summed E-state index contributed by atoms with van der Waals surface area (Å²) in [6.07, 6.45) is 0. The van der Waals surface area contributed by atoms with Crippen LogP contribution >= 0.6 is 0 Å². The number of aryl methyl sites for hydroxylation is 1. The Morgan fingerprint density at radius 3 is 2.58 bits per heavy atom. The molecule has 0 fully saturated rings. The lowest BCUT2D eigenvalue weighted by molar-refractivity contribution is -0.354. The first kappa shape index (κ1) is 17.7. The quantitative estimate of drug-likeness (QED) is 0.326. The largest absolute Gasteiger partial charge is 0.368 e. The van der Waals surface area contributed by atoms with Gasteiger partial charge < -0.3 is 10.4 Å². The molecule has 0 atom stereocenters. The summed E-state index contributed by atoms with van der Waals surface area (Å²) in [6, 6.07) is 5.78. The monoisotopic (exact) mass is 342 g/mol. The summed E-state index contributed by atoms with van der Waals surface area (Å²) in [5, 5.41) is 10.7. The molecule has 2 aromatic rings. The number of carbonyl (C=O) groups is 1. The number of nitrogens with one attached hydrogen (secondary N) is 2. The van der Waals surface area contributed by atoms with Crippen LogP contribution in [0.25, 0.3) is 0 Å². The van der Waals surface area contributed by atoms with Crippen molar-refractivity contribution < 1.29 is 32.9 Å². The zero-order valence-electron chi connectivity index (χ0n) is 12.4. The summed E-state index contributed by atoms with van der Waals surface area (Å²) in [4.78, 5) is 20.1. The molecule has 2 rings (SSSR count). The molecule has 0 spiro atoms. The van der Waals surface area contributed by atoms with E-state index in [4.69, 9.17) is 5.11 Å². The van der Waals surface area contributed by atoms with Crippen LogP contribution in [0, 0.1) is 24.4 Å². The van der Waals surface area contributed by atoms with Gasteiger partial charge in [-0.05, 0) is 36.8 Å². The number of rotatable bonds is 6. The molecule has 0 aliphatic rings. The fourth-order valence-electron chi connectivity index (χ4n) is 1.87. The summed E-state index contributed by atoms with van der Waals surface area (Å²) in [6.45, 7) is 0.824. The lowest BCUT2D eigenvalue weighted by Gasteiger charge is -2.14. The summed E-state index contributed by atoms with van der Waals surface area (Å²) in [7, 11) is 0. The molecule has 1 amide bonds. The number of hydrogen-bond acceptors (Lipinski definition) is 5. The number of hydrogen-bond donors (Lipinski definition) is 3. The molecule has 0 saturated carbocycles. The Bertz CT molecular complexity index is 756. The van der Waals surface area contributed by atoms with E-state index in [1.165, 1.54) is 12.1 Å². The van der Waals surface area contributed by atoms with Crippen molar-refractivity contribution in [2.75, 3.05) is 12.1 Å². The minimum absolute atomic E-state index is 0.147. The van der Waals surface area contributed by atoms with Crippen LogP contribution in [0.15, 0.2) is 30.3 Å². The van der Waals surface area contributed by atoms with Gasteiger partial charge in [0.05, 0.1) is 16.9 Å². The first-order chi connectivity index (χ1) is 11.4. The maximum atomic E-state index is 14.1. The van der Waals surface area contributed by atoms with E-state index in [2.05, 4.69) is 15.2 Å². The molecule has 0 aliphatic heterocycles. The average molecular weight is 342 g/mol. The van der Waals surface area contributed by atoms with Crippen LogP contribution < -0.4 is 10.8 Å². The number of anilines is 2. The highest BCUT2D eigenvalue weighted by Crippen LogP contribution is 2.28. The molecule has 0 aromatic heterocycles. The normalized spacial score (nSPS) is 10.5. The number of carbonyl (C=O) groups excluding carboxylic acids is 1. The lowest BCUT2D eigenvalue weighted by Crippen LogP contribution is -2.25. The number of halogens is 3. The Morgan fingerprint density at radius 2 is 1.92 bits per heavy atom. The van der Waals surface area contributed by atoms with Gasteiger partial charge >= 0.3 is 0 Å². The van der Waals surface area contributed by atoms with Crippen LogP contribution in [0.4, 0.5) is 24.5 Å². The zero-order chi connectivity index (χ0) is 17.7. The number of benzene rings is 2. The number of hydroxylamine groups is 1. The minimum Gasteiger partial charge on any atom is -0.368 e. The molecule has 128 valence electrons. The first-order valence-corrected chi connectivity index (χ1v) is 6.65. The summed E-state index contributed by atoms with van der Waals surface area (Å²) < 4.78 is 41.4. The smallest absolute Gasteiger partial charge is 0.279 e. The number of amides is 1. The van der Waals surface area contributed by atoms with E-state index in [0.717, 1.165) is 12.1 Å². The van der Waals surface area contributed by atoms with E-state index in [1.807, 2.05) is 0 Å². The van der Waals surface area contributed by atoms with E-state index < -0.39 is 35.8 Å². The Morgan fingerprint density at radius 1 is 1.17 bits per heavy atom. The van der Waals surface area contributed by atoms with Crippen molar-refractivity contribution in [2.45, 2.75) is 6.92 Å². The van der Waals surface area contributed by atoms with E-state index >= 15 is 0 Å². The van der Waals surface area contributed by atoms with Gasteiger partial charge in [-0.2, -0.15) is 10.4 Å². The standard InChI is InChI=1S/C15H13F3N2O4/c1-8-2-5-12(11(17)6-8)19-14-9(3-4-10(16)13(14)18)15(22)20-24-23-7-21/h2-6,19,21H,7H2,1H3,(H,20,22). The van der Waals surface area contributed by atoms with Crippen LogP contribution in [-0.2, 0) is 9.88 Å². The lowest BCUT2D eigenvalue weighted by atomic mass is 10.1. The second-order valence-corrected chi connectivity index (χ2v) is 4.65. The maximum absolute atomic E-state index is 14.1. The van der Waals surface area contributed by atoms with Crippen molar-refractivity contribution in [1.29, 1.82) is 0 Å². The second-order valence-electron chi connectivity index (χ2n) is 4.65. The van der Waals surface area contributed by atoms with Crippen LogP contribution in [-0.4, -0.2) is 17.8 Å². The van der Waals surface area contributed by atoms with Gasteiger partial charge in [0.25, 0.3) is 5.91 Å². The van der Waals surface area contributed by atoms with Crippen LogP contribution in [0.2, 0.25) is 0 Å². The second kappa shape index (κ2) is 7.77. The molecule has 2 aromatic carbocycles. The predicted molar refractivity (Wildman–Crippen MR) is 77.5 cm³/mol. The molecule has 0 radical (unpaired) electrons. The Hall–Kier alpha value is -2.62. The molecule has 0 aliphatic carbocycles. The summed E-state index contributed by atoms with van der Waals surface area (Å²) in [5.74, 6) is -4.30. The van der Waals surface area contributed by atoms with Crippen molar-refractivity contribution in [2.24, 2.45) is 0 Å². The van der Waals surface area contributed by atoms with Gasteiger partial charge in [0.15, 0.2) is 18.4 Å². The zero-order valence-corrected chi connectivity index (χ0v) is 12.4. The summed E-state index contributed by atoms with van der Waals surface area (Å²) in [5.41, 5.74) is 1.29. The topological polar surface area (TPSA) is 79.8 Å². The van der Waals surface area contributed by atoms with Gasteiger partial charge in [-0.15, -0.1) is 4.99 Å². The Balaban J connectivity index is 2.36. The van der Waals surface area contributed by atoms with E-state index in [9.17, 15) is 18.0 Å². The van der Waals surface area contributed by atoms with Crippen LogP contribution in [0.1, 0.15) is 15.9 Å². The van der Waals surface area contributed by atoms with Crippen molar-refractivity contribution in [3.8, 4) is 0 Å². The molecule has 0 unspecified atom stereocenters. The highest BCUT2D eigenvalue weighted by Gasteiger charge is 2.20. The van der Waals surface area contributed by atoms with E-state index in [0.29, 0.717) is 5.56 Å². The fraction of sp³-hybridized carbons (Fsp3) is 0.133. The highest BCUT2D eigenvalue weighted by atomic mass is 19.2. The third kappa shape index (κ3) is 4.02. The first-order valence-electron chi connectivity index (χ1n) is 6.65. The Labute approximate surface area is 134 Å². The van der Waals surface area contributed by atoms with Crippen LogP contribution in [0.5, 0.6) is 0 Å². The maximum Gasteiger partial charge on any atom is 0.279 e. The molecule has 9 heteroatoms. The van der Waals surface area contributed by atoms with Gasteiger partial charge in [-0.25, -0.2) is 13.2 Å². The molecular weight excluding hydrogens is 329 g/mol. The Kier molecular flexibility index (Phi) is 5.74. The molecule has 3 N–H and O–H groups in total. The molecular formula is C15H13F3N2O4. The van der Waals surface area contributed by atoms with Gasteiger partial charge in [-0.3, -0.25) is 4.79 Å². The molecule has 24 heavy (non-hydrogen) atoms. The van der Waals surface area contributed by atoms with Crippen molar-refractivity contribution in [1.82, 2.24) is 5.48 Å². The molecule has 6 nitrogen and oxygen atoms in total. The van der Waals surface area contributed by atoms with Crippen molar-refractivity contribution >= 4 is 17.3 Å². The third-order valence-electron chi connectivity index (χ3n) is 2.97. The molecule has 0 heterocycles. The van der Waals surface area contributed by atoms with E-state index in [1.54, 1.807) is 18.5 Å². The average Bonchev–Trinajstić information content (AvgIpc) is 2.54. The fourth-order valence-corrected chi connectivity index (χ4v) is 1.87. The van der Waals surface area contributed by atoms with Crippen molar-refractivity contribution in [3.05, 3.63) is 58.9 Å². The highest BCUT2D eigenvalue weighted by molar-refractivity contribution is 5.99. The predicted octanol–water partition coefficient (Wildman–Crippen LogP) is 2.70. The number of aliphatic hydroxyl groups is 1. The minimum atomic E-state index is -1.37. The SMILES string of the molecule is Cc1ccc(Nc2c(C(=O)NOOCO)ccc(F)c2F)c(F)c1. The van der Waals surface area contributed by atoms with Crippen molar-refractivity contribution in [3.63, 3.8) is 0 Å². The van der Waals surface area contributed by atoms with Gasteiger partial charge in [0.2, 0.25) is 0 Å². The van der Waals surface area contributed by atoms with Gasteiger partial charge in [-0.1, -0.05) is 6.07 Å². The van der Waals surface area contributed by atoms with Crippen LogP contribution in [0.3, 0.4) is 0 Å².